The second-order valence-electron chi connectivity index (χ2n) is 10.9. The van der Waals surface area contributed by atoms with Crippen molar-refractivity contribution in [3.05, 3.63) is 106 Å². The second-order valence-corrected chi connectivity index (χ2v) is 13.1. The van der Waals surface area contributed by atoms with Crippen LogP contribution in [0, 0.1) is 5.92 Å². The van der Waals surface area contributed by atoms with Gasteiger partial charge in [-0.25, -0.2) is 4.79 Å². The van der Waals surface area contributed by atoms with Crippen LogP contribution in [0.5, 0.6) is 0 Å². The van der Waals surface area contributed by atoms with Crippen LogP contribution in [0.4, 0.5) is 0 Å². The maximum atomic E-state index is 13.1. The first kappa shape index (κ1) is 27.8. The molecule has 3 fully saturated rings. The SMILES string of the molecule is CCOC(=O)/C(=C/C1CCC2(CC1)O[C@@H](c1ccccc1)[C@H](c1ccccc1)O2)c1ccc(SC2CC2)c(Br)c1. The van der Waals surface area contributed by atoms with Gasteiger partial charge >= 0.3 is 5.97 Å². The molecule has 6 rings (SSSR count). The topological polar surface area (TPSA) is 44.8 Å². The lowest BCUT2D eigenvalue weighted by atomic mass is 9.83. The molecule has 2 saturated carbocycles. The molecule has 3 aromatic rings. The van der Waals surface area contributed by atoms with Gasteiger partial charge < -0.3 is 14.2 Å². The summed E-state index contributed by atoms with van der Waals surface area (Å²) < 4.78 is 20.1. The van der Waals surface area contributed by atoms with Crippen molar-refractivity contribution in [2.45, 2.75) is 73.6 Å². The zero-order valence-electron chi connectivity index (χ0n) is 22.8. The van der Waals surface area contributed by atoms with E-state index >= 15 is 0 Å². The van der Waals surface area contributed by atoms with Crippen molar-refractivity contribution in [1.29, 1.82) is 0 Å². The van der Waals surface area contributed by atoms with Crippen LogP contribution in [0.3, 0.4) is 0 Å². The summed E-state index contributed by atoms with van der Waals surface area (Å²) in [5.41, 5.74) is 3.80. The number of carbonyl (C=O) groups excluding carboxylic acids is 1. The lowest BCUT2D eigenvalue weighted by Crippen LogP contribution is -2.35. The molecule has 1 heterocycles. The van der Waals surface area contributed by atoms with Gasteiger partial charge in [0.2, 0.25) is 0 Å². The molecule has 6 heteroatoms. The Morgan fingerprint density at radius 1 is 0.925 bits per heavy atom. The largest absolute Gasteiger partial charge is 0.462 e. The van der Waals surface area contributed by atoms with E-state index in [1.165, 1.54) is 17.7 Å². The third-order valence-corrected chi connectivity index (χ3v) is 10.3. The maximum Gasteiger partial charge on any atom is 0.338 e. The molecule has 0 N–H and O–H groups in total. The summed E-state index contributed by atoms with van der Waals surface area (Å²) in [7, 11) is 0. The molecule has 40 heavy (non-hydrogen) atoms. The quantitative estimate of drug-likeness (QED) is 0.186. The predicted octanol–water partition coefficient (Wildman–Crippen LogP) is 9.07. The Hall–Kier alpha value is -2.38. The average Bonchev–Trinajstić information content (AvgIpc) is 3.73. The summed E-state index contributed by atoms with van der Waals surface area (Å²) >= 11 is 5.65. The minimum absolute atomic E-state index is 0.157. The van der Waals surface area contributed by atoms with Gasteiger partial charge in [0.15, 0.2) is 5.79 Å². The number of hydrogen-bond acceptors (Lipinski definition) is 5. The molecule has 0 radical (unpaired) electrons. The molecular weight excluding hydrogens is 584 g/mol. The summed E-state index contributed by atoms with van der Waals surface area (Å²) in [4.78, 5) is 14.3. The number of carbonyl (C=O) groups is 1. The minimum atomic E-state index is -0.625. The van der Waals surface area contributed by atoms with E-state index in [9.17, 15) is 4.79 Å². The third-order valence-electron chi connectivity index (χ3n) is 7.97. The first-order valence-corrected chi connectivity index (χ1v) is 16.0. The van der Waals surface area contributed by atoms with Crippen molar-refractivity contribution in [3.63, 3.8) is 0 Å². The molecule has 1 spiro atoms. The predicted molar refractivity (Wildman–Crippen MR) is 163 cm³/mol. The van der Waals surface area contributed by atoms with E-state index in [1.54, 1.807) is 0 Å². The Bertz CT molecular complexity index is 1300. The highest BCUT2D eigenvalue weighted by atomic mass is 79.9. The number of allylic oxidation sites excluding steroid dienone is 1. The summed E-state index contributed by atoms with van der Waals surface area (Å²) in [6, 6.07) is 27.0. The van der Waals surface area contributed by atoms with E-state index in [0.29, 0.717) is 12.2 Å². The molecule has 1 aliphatic heterocycles. The lowest BCUT2D eigenvalue weighted by Gasteiger charge is -2.35. The summed E-state index contributed by atoms with van der Waals surface area (Å²) in [6.07, 6.45) is 7.67. The molecular formula is C34H35BrO4S. The Kier molecular flexibility index (Phi) is 8.50. The summed E-state index contributed by atoms with van der Waals surface area (Å²) in [5, 5.41) is 0.722. The van der Waals surface area contributed by atoms with Crippen LogP contribution in [0.15, 0.2) is 94.3 Å². The van der Waals surface area contributed by atoms with Crippen molar-refractivity contribution in [2.24, 2.45) is 5.92 Å². The first-order valence-electron chi connectivity index (χ1n) is 14.3. The number of ether oxygens (including phenoxy) is 3. The number of esters is 1. The highest BCUT2D eigenvalue weighted by molar-refractivity contribution is 9.10. The normalized spacial score (nSPS) is 22.9. The molecule has 2 atom stereocenters. The standard InChI is InChI=1S/C34H35BrO4S/c1-2-37-33(36)28(26-13-16-30(29(35)22-26)40-27-14-15-27)21-23-17-19-34(20-18-23)38-31(24-9-5-3-6-10-24)32(39-34)25-11-7-4-8-12-25/h3-13,16,21-23,27,31-32H,2,14-15,17-20H2,1H3/b28-21+/t31-,32-/m0/s1. The Labute approximate surface area is 249 Å². The third kappa shape index (κ3) is 6.25. The van der Waals surface area contributed by atoms with Crippen LogP contribution >= 0.6 is 27.7 Å². The molecule has 0 unspecified atom stereocenters. The fourth-order valence-electron chi connectivity index (χ4n) is 5.72. The molecule has 0 aromatic heterocycles. The average molecular weight is 620 g/mol. The van der Waals surface area contributed by atoms with Gasteiger partial charge in [0.1, 0.15) is 12.2 Å². The van der Waals surface area contributed by atoms with Gasteiger partial charge in [-0.05, 0) is 83.3 Å². The second kappa shape index (κ2) is 12.2. The fraction of sp³-hybridized carbons (Fsp3) is 0.382. The van der Waals surface area contributed by atoms with E-state index in [0.717, 1.165) is 52.1 Å². The monoisotopic (exact) mass is 618 g/mol. The van der Waals surface area contributed by atoms with Gasteiger partial charge in [0, 0.05) is 27.5 Å². The first-order chi connectivity index (χ1) is 19.5. The minimum Gasteiger partial charge on any atom is -0.462 e. The number of halogens is 1. The fourth-order valence-corrected chi connectivity index (χ4v) is 7.43. The summed E-state index contributed by atoms with van der Waals surface area (Å²) in [6.45, 7) is 2.20. The van der Waals surface area contributed by atoms with Gasteiger partial charge in [-0.2, -0.15) is 0 Å². The molecule has 208 valence electrons. The van der Waals surface area contributed by atoms with Crippen LogP contribution in [0.1, 0.15) is 74.3 Å². The Balaban J connectivity index is 1.21. The Morgan fingerprint density at radius 3 is 2.05 bits per heavy atom. The number of rotatable bonds is 8. The van der Waals surface area contributed by atoms with Crippen molar-refractivity contribution in [1.82, 2.24) is 0 Å². The van der Waals surface area contributed by atoms with Crippen molar-refractivity contribution >= 4 is 39.2 Å². The van der Waals surface area contributed by atoms with Crippen molar-refractivity contribution in [2.75, 3.05) is 6.61 Å². The van der Waals surface area contributed by atoms with Crippen molar-refractivity contribution < 1.29 is 19.0 Å². The molecule has 3 aliphatic rings. The maximum absolute atomic E-state index is 13.1. The van der Waals surface area contributed by atoms with E-state index in [1.807, 2.05) is 30.8 Å². The number of thioether (sulfide) groups is 1. The van der Waals surface area contributed by atoms with Gasteiger partial charge in [0.25, 0.3) is 0 Å². The summed E-state index contributed by atoms with van der Waals surface area (Å²) in [5.74, 6) is -0.651. The van der Waals surface area contributed by atoms with Gasteiger partial charge in [-0.1, -0.05) is 72.8 Å². The van der Waals surface area contributed by atoms with E-state index in [4.69, 9.17) is 14.2 Å². The molecule has 0 bridgehead atoms. The highest BCUT2D eigenvalue weighted by Gasteiger charge is 2.50. The zero-order chi connectivity index (χ0) is 27.5. The molecule has 2 aliphatic carbocycles. The van der Waals surface area contributed by atoms with Crippen LogP contribution in [-0.2, 0) is 19.0 Å². The smallest absolute Gasteiger partial charge is 0.338 e. The van der Waals surface area contributed by atoms with Gasteiger partial charge in [-0.15, -0.1) is 11.8 Å². The molecule has 1 saturated heterocycles. The van der Waals surface area contributed by atoms with Crippen LogP contribution < -0.4 is 0 Å². The molecule has 0 amide bonds. The van der Waals surface area contributed by atoms with E-state index < -0.39 is 5.79 Å². The zero-order valence-corrected chi connectivity index (χ0v) is 25.2. The van der Waals surface area contributed by atoms with Crippen LogP contribution in [0.2, 0.25) is 0 Å². The Morgan fingerprint density at radius 2 is 1.52 bits per heavy atom. The highest BCUT2D eigenvalue weighted by Crippen LogP contribution is 2.53. The van der Waals surface area contributed by atoms with Crippen molar-refractivity contribution in [3.8, 4) is 0 Å². The van der Waals surface area contributed by atoms with Crippen LogP contribution in [-0.4, -0.2) is 23.6 Å². The number of hydrogen-bond donors (Lipinski definition) is 0. The van der Waals surface area contributed by atoms with E-state index in [2.05, 4.69) is 88.7 Å². The molecule has 4 nitrogen and oxygen atoms in total. The van der Waals surface area contributed by atoms with Gasteiger partial charge in [-0.3, -0.25) is 0 Å². The molecule has 3 aromatic carbocycles. The number of benzene rings is 3. The van der Waals surface area contributed by atoms with Crippen LogP contribution in [0.25, 0.3) is 5.57 Å². The van der Waals surface area contributed by atoms with E-state index in [-0.39, 0.29) is 24.1 Å². The lowest BCUT2D eigenvalue weighted by molar-refractivity contribution is -0.198. The van der Waals surface area contributed by atoms with Gasteiger partial charge in [0.05, 0.1) is 12.2 Å².